The van der Waals surface area contributed by atoms with Gasteiger partial charge in [-0.05, 0) is 36.3 Å². The first-order valence-electron chi connectivity index (χ1n) is 6.79. The minimum Gasteiger partial charge on any atom is -0.378 e. The van der Waals surface area contributed by atoms with Gasteiger partial charge in [0.1, 0.15) is 11.6 Å². The van der Waals surface area contributed by atoms with Gasteiger partial charge < -0.3 is 4.90 Å². The summed E-state index contributed by atoms with van der Waals surface area (Å²) in [5, 5.41) is 9.12. The molecule has 22 heavy (non-hydrogen) atoms. The monoisotopic (exact) mass is 295 g/mol. The number of nitrogens with zero attached hydrogens (tertiary/aromatic N) is 3. The smallest absolute Gasteiger partial charge is 0.271 e. The summed E-state index contributed by atoms with van der Waals surface area (Å²) in [5.74, 6) is -0.941. The summed E-state index contributed by atoms with van der Waals surface area (Å²) in [7, 11) is 5.28. The van der Waals surface area contributed by atoms with E-state index in [1.165, 1.54) is 7.05 Å². The molecule has 2 rings (SSSR count). The van der Waals surface area contributed by atoms with Crippen LogP contribution in [0.25, 0.3) is 6.08 Å². The molecule has 1 heterocycles. The molecule has 5 heteroatoms. The van der Waals surface area contributed by atoms with Crippen molar-refractivity contribution < 1.29 is 9.59 Å². The van der Waals surface area contributed by atoms with Crippen LogP contribution in [0, 0.1) is 11.3 Å². The van der Waals surface area contributed by atoms with Gasteiger partial charge in [0.2, 0.25) is 0 Å². The Morgan fingerprint density at radius 2 is 1.73 bits per heavy atom. The highest BCUT2D eigenvalue weighted by molar-refractivity contribution is 6.19. The lowest BCUT2D eigenvalue weighted by Crippen LogP contribution is -2.39. The summed E-state index contributed by atoms with van der Waals surface area (Å²) in [6, 6.07) is 9.56. The Bertz CT molecular complexity index is 734. The molecule has 2 amide bonds. The third-order valence-electron chi connectivity index (χ3n) is 3.66. The van der Waals surface area contributed by atoms with Crippen molar-refractivity contribution in [3.8, 4) is 6.07 Å². The van der Waals surface area contributed by atoms with E-state index in [0.717, 1.165) is 16.2 Å². The largest absolute Gasteiger partial charge is 0.378 e. The van der Waals surface area contributed by atoms with Crippen molar-refractivity contribution in [3.05, 3.63) is 46.5 Å². The molecular formula is C17H17N3O2. The first kappa shape index (κ1) is 15.5. The SMILES string of the molecule is CC1=C(C#N)C(=O)N(C)C(=O)/C1=C/c1ccc(N(C)C)cc1. The molecule has 1 aliphatic rings. The first-order chi connectivity index (χ1) is 10.4. The molecule has 1 aliphatic heterocycles. The third kappa shape index (κ3) is 2.63. The number of imide groups is 1. The van der Waals surface area contributed by atoms with Crippen LogP contribution >= 0.6 is 0 Å². The minimum atomic E-state index is -0.551. The van der Waals surface area contributed by atoms with Crippen LogP contribution in [-0.4, -0.2) is 37.9 Å². The molecule has 0 atom stereocenters. The van der Waals surface area contributed by atoms with Gasteiger partial charge in [0.25, 0.3) is 11.8 Å². The average Bonchev–Trinajstić information content (AvgIpc) is 2.50. The summed E-state index contributed by atoms with van der Waals surface area (Å²) in [6.45, 7) is 1.63. The van der Waals surface area contributed by atoms with E-state index in [-0.39, 0.29) is 5.57 Å². The normalized spacial score (nSPS) is 17.0. The maximum atomic E-state index is 12.3. The maximum absolute atomic E-state index is 12.3. The highest BCUT2D eigenvalue weighted by Crippen LogP contribution is 2.26. The predicted octanol–water partition coefficient (Wildman–Crippen LogP) is 1.97. The summed E-state index contributed by atoms with van der Waals surface area (Å²) < 4.78 is 0. The second kappa shape index (κ2) is 5.86. The number of amides is 2. The van der Waals surface area contributed by atoms with Crippen LogP contribution in [0.15, 0.2) is 41.0 Å². The van der Waals surface area contributed by atoms with Gasteiger partial charge in [0.15, 0.2) is 0 Å². The Morgan fingerprint density at radius 1 is 1.14 bits per heavy atom. The lowest BCUT2D eigenvalue weighted by Gasteiger charge is -2.23. The average molecular weight is 295 g/mol. The summed E-state index contributed by atoms with van der Waals surface area (Å²) in [5.41, 5.74) is 2.70. The van der Waals surface area contributed by atoms with Crippen LogP contribution in [0.2, 0.25) is 0 Å². The van der Waals surface area contributed by atoms with Crippen molar-refractivity contribution in [3.63, 3.8) is 0 Å². The molecule has 0 N–H and O–H groups in total. The van der Waals surface area contributed by atoms with Crippen molar-refractivity contribution in [2.24, 2.45) is 0 Å². The fourth-order valence-electron chi connectivity index (χ4n) is 2.23. The highest BCUT2D eigenvalue weighted by Gasteiger charge is 2.32. The Hall–Kier alpha value is -2.87. The van der Waals surface area contributed by atoms with Crippen LogP contribution in [0.3, 0.4) is 0 Å². The molecule has 0 bridgehead atoms. The van der Waals surface area contributed by atoms with E-state index in [2.05, 4.69) is 0 Å². The topological polar surface area (TPSA) is 64.4 Å². The van der Waals surface area contributed by atoms with Gasteiger partial charge in [-0.25, -0.2) is 0 Å². The number of carbonyl (C=O) groups excluding carboxylic acids is 2. The van der Waals surface area contributed by atoms with Crippen LogP contribution < -0.4 is 4.90 Å². The third-order valence-corrected chi connectivity index (χ3v) is 3.66. The standard InChI is InChI=1S/C17H17N3O2/c1-11-14(16(21)20(4)17(22)15(11)10-18)9-12-5-7-13(8-6-12)19(2)3/h5-9H,1-4H3/b14-9+. The van der Waals surface area contributed by atoms with E-state index in [9.17, 15) is 9.59 Å². The lowest BCUT2D eigenvalue weighted by molar-refractivity contribution is -0.138. The first-order valence-corrected chi connectivity index (χ1v) is 6.79. The van der Waals surface area contributed by atoms with Gasteiger partial charge in [-0.15, -0.1) is 0 Å². The molecule has 0 spiro atoms. The van der Waals surface area contributed by atoms with E-state index in [4.69, 9.17) is 5.26 Å². The van der Waals surface area contributed by atoms with Crippen LogP contribution in [0.1, 0.15) is 12.5 Å². The van der Waals surface area contributed by atoms with Gasteiger partial charge in [-0.1, -0.05) is 12.1 Å². The molecule has 5 nitrogen and oxygen atoms in total. The molecule has 0 unspecified atom stereocenters. The van der Waals surface area contributed by atoms with Gasteiger partial charge in [0.05, 0.1) is 0 Å². The molecule has 1 aromatic carbocycles. The molecule has 112 valence electrons. The fourth-order valence-corrected chi connectivity index (χ4v) is 2.23. The number of anilines is 1. The zero-order chi connectivity index (χ0) is 16.4. The van der Waals surface area contributed by atoms with Crippen LogP contribution in [0.5, 0.6) is 0 Å². The summed E-state index contributed by atoms with van der Waals surface area (Å²) in [6.07, 6.45) is 1.71. The van der Waals surface area contributed by atoms with E-state index in [1.54, 1.807) is 13.0 Å². The van der Waals surface area contributed by atoms with Gasteiger partial charge in [-0.2, -0.15) is 5.26 Å². The van der Waals surface area contributed by atoms with Gasteiger partial charge in [0, 0.05) is 32.4 Å². The molecule has 0 aromatic heterocycles. The zero-order valence-corrected chi connectivity index (χ0v) is 13.0. The van der Waals surface area contributed by atoms with Crippen molar-refractivity contribution in [2.75, 3.05) is 26.0 Å². The Balaban J connectivity index is 2.49. The van der Waals surface area contributed by atoms with Crippen molar-refractivity contribution in [1.29, 1.82) is 5.26 Å². The number of benzene rings is 1. The number of rotatable bonds is 2. The second-order valence-electron chi connectivity index (χ2n) is 5.33. The molecule has 0 saturated heterocycles. The van der Waals surface area contributed by atoms with Crippen molar-refractivity contribution >= 4 is 23.6 Å². The highest BCUT2D eigenvalue weighted by atomic mass is 16.2. The molecule has 0 aliphatic carbocycles. The Morgan fingerprint density at radius 3 is 2.23 bits per heavy atom. The zero-order valence-electron chi connectivity index (χ0n) is 13.0. The van der Waals surface area contributed by atoms with Crippen molar-refractivity contribution in [1.82, 2.24) is 4.90 Å². The minimum absolute atomic E-state index is 0.0123. The number of likely N-dealkylation sites (N-methyl/N-ethyl adjacent to an activating group) is 1. The number of nitriles is 1. The summed E-state index contributed by atoms with van der Waals surface area (Å²) >= 11 is 0. The molecular weight excluding hydrogens is 278 g/mol. The van der Waals surface area contributed by atoms with Crippen LogP contribution in [-0.2, 0) is 9.59 Å². The lowest BCUT2D eigenvalue weighted by atomic mass is 9.94. The fraction of sp³-hybridized carbons (Fsp3) is 0.235. The second-order valence-corrected chi connectivity index (χ2v) is 5.33. The van der Waals surface area contributed by atoms with E-state index in [1.807, 2.05) is 49.3 Å². The van der Waals surface area contributed by atoms with E-state index >= 15 is 0 Å². The van der Waals surface area contributed by atoms with E-state index < -0.39 is 11.8 Å². The van der Waals surface area contributed by atoms with Gasteiger partial charge >= 0.3 is 0 Å². The molecule has 0 fully saturated rings. The predicted molar refractivity (Wildman–Crippen MR) is 84.8 cm³/mol. The summed E-state index contributed by atoms with van der Waals surface area (Å²) in [4.78, 5) is 27.1. The molecule has 0 saturated carbocycles. The maximum Gasteiger partial charge on any atom is 0.271 e. The number of carbonyl (C=O) groups is 2. The Labute approximate surface area is 129 Å². The van der Waals surface area contributed by atoms with Crippen LogP contribution in [0.4, 0.5) is 5.69 Å². The molecule has 0 radical (unpaired) electrons. The van der Waals surface area contributed by atoms with Gasteiger partial charge in [-0.3, -0.25) is 14.5 Å². The van der Waals surface area contributed by atoms with E-state index in [0.29, 0.717) is 11.1 Å². The number of hydrogen-bond donors (Lipinski definition) is 0. The number of hydrogen-bond acceptors (Lipinski definition) is 4. The quantitative estimate of drug-likeness (QED) is 0.618. The Kier molecular flexibility index (Phi) is 4.13. The molecule has 1 aromatic rings. The van der Waals surface area contributed by atoms with Crippen molar-refractivity contribution in [2.45, 2.75) is 6.92 Å².